The van der Waals surface area contributed by atoms with Crippen LogP contribution >= 0.6 is 45.3 Å². The monoisotopic (exact) mass is 378 g/mol. The molecule has 0 nitrogen and oxygen atoms in total. The first kappa shape index (κ1) is 12.8. The zero-order valence-corrected chi connectivity index (χ0v) is 15.8. The van der Waals surface area contributed by atoms with Crippen LogP contribution in [0.2, 0.25) is 0 Å². The van der Waals surface area contributed by atoms with Gasteiger partial charge in [-0.25, -0.2) is 0 Å². The highest BCUT2D eigenvalue weighted by atomic mass is 32.1. The first-order chi connectivity index (χ1) is 11.9. The molecule has 5 aromatic rings. The fraction of sp³-hybridized carbons (Fsp3) is 0.100. The van der Waals surface area contributed by atoms with Crippen LogP contribution in [-0.4, -0.2) is 0 Å². The van der Waals surface area contributed by atoms with Crippen LogP contribution in [0.4, 0.5) is 0 Å². The Balaban J connectivity index is 1.49. The van der Waals surface area contributed by atoms with Crippen molar-refractivity contribution in [3.8, 4) is 20.9 Å². The molecule has 0 radical (unpaired) electrons. The molecule has 0 saturated carbocycles. The Bertz CT molecular complexity index is 1200. The average Bonchev–Trinajstić information content (AvgIpc) is 3.33. The van der Waals surface area contributed by atoms with Gasteiger partial charge in [-0.05, 0) is 68.4 Å². The van der Waals surface area contributed by atoms with Gasteiger partial charge in [0.15, 0.2) is 0 Å². The van der Waals surface area contributed by atoms with Crippen molar-refractivity contribution in [2.45, 2.75) is 12.8 Å². The van der Waals surface area contributed by atoms with E-state index in [9.17, 15) is 0 Å². The summed E-state index contributed by atoms with van der Waals surface area (Å²) in [6, 6.07) is 9.56. The lowest BCUT2D eigenvalue weighted by atomic mass is 10.0. The van der Waals surface area contributed by atoms with Crippen LogP contribution in [0.5, 0.6) is 0 Å². The highest BCUT2D eigenvalue weighted by Gasteiger charge is 2.30. The molecule has 114 valence electrons. The van der Waals surface area contributed by atoms with E-state index in [0.717, 1.165) is 12.8 Å². The Hall–Kier alpha value is -1.46. The molecule has 24 heavy (non-hydrogen) atoms. The second-order valence-corrected chi connectivity index (χ2v) is 10.5. The van der Waals surface area contributed by atoms with E-state index in [1.807, 2.05) is 45.3 Å². The van der Waals surface area contributed by atoms with Crippen molar-refractivity contribution in [1.29, 1.82) is 0 Å². The predicted molar refractivity (Wildman–Crippen MR) is 109 cm³/mol. The van der Waals surface area contributed by atoms with Crippen LogP contribution in [0.1, 0.15) is 22.3 Å². The van der Waals surface area contributed by atoms with Gasteiger partial charge in [-0.15, -0.1) is 45.3 Å². The van der Waals surface area contributed by atoms with E-state index in [4.69, 9.17) is 0 Å². The lowest BCUT2D eigenvalue weighted by Crippen LogP contribution is -1.86. The first-order valence-electron chi connectivity index (χ1n) is 8.01. The Kier molecular flexibility index (Phi) is 2.24. The molecule has 2 aliphatic carbocycles. The van der Waals surface area contributed by atoms with Crippen LogP contribution in [0.3, 0.4) is 0 Å². The van der Waals surface area contributed by atoms with E-state index in [-0.39, 0.29) is 0 Å². The minimum Gasteiger partial charge on any atom is -0.143 e. The highest BCUT2D eigenvalue weighted by Crippen LogP contribution is 2.53. The van der Waals surface area contributed by atoms with E-state index in [2.05, 4.69) is 35.0 Å². The number of benzene rings is 1. The van der Waals surface area contributed by atoms with Crippen molar-refractivity contribution in [2.24, 2.45) is 0 Å². The van der Waals surface area contributed by atoms with Crippen molar-refractivity contribution < 1.29 is 0 Å². The molecule has 4 heterocycles. The van der Waals surface area contributed by atoms with Gasteiger partial charge in [0.2, 0.25) is 0 Å². The number of fused-ring (bicyclic) bond motifs is 10. The molecule has 0 amide bonds. The summed E-state index contributed by atoms with van der Waals surface area (Å²) < 4.78 is 5.97. The van der Waals surface area contributed by atoms with Crippen LogP contribution in [0.25, 0.3) is 39.7 Å². The van der Waals surface area contributed by atoms with Gasteiger partial charge in [0.25, 0.3) is 0 Å². The number of rotatable bonds is 0. The lowest BCUT2D eigenvalue weighted by Gasteiger charge is -2.05. The molecule has 0 bridgehead atoms. The molecule has 0 saturated heterocycles. The minimum absolute atomic E-state index is 1.12. The summed E-state index contributed by atoms with van der Waals surface area (Å²) >= 11 is 7.78. The van der Waals surface area contributed by atoms with E-state index in [1.54, 1.807) is 11.1 Å². The molecule has 0 fully saturated rings. The summed E-state index contributed by atoms with van der Waals surface area (Å²) in [5, 5.41) is 4.46. The van der Waals surface area contributed by atoms with Gasteiger partial charge in [-0.2, -0.15) is 0 Å². The van der Waals surface area contributed by atoms with Gasteiger partial charge in [0.1, 0.15) is 0 Å². The number of hydrogen-bond donors (Lipinski definition) is 0. The van der Waals surface area contributed by atoms with Crippen molar-refractivity contribution in [1.82, 2.24) is 0 Å². The molecule has 0 atom stereocenters. The Morgan fingerprint density at radius 2 is 1.17 bits per heavy atom. The summed E-state index contributed by atoms with van der Waals surface area (Å²) in [7, 11) is 0. The smallest absolute Gasteiger partial charge is 0.0492 e. The predicted octanol–water partition coefficient (Wildman–Crippen LogP) is 7.38. The second kappa shape index (κ2) is 4.20. The number of thiophene rings is 4. The Labute approximate surface area is 154 Å². The second-order valence-electron chi connectivity index (χ2n) is 6.57. The maximum absolute atomic E-state index is 2.50. The molecule has 0 aliphatic heterocycles. The molecular formula is C20H10S4. The van der Waals surface area contributed by atoms with Crippen LogP contribution in [-0.2, 0) is 12.8 Å². The van der Waals surface area contributed by atoms with Crippen molar-refractivity contribution in [2.75, 3.05) is 0 Å². The normalized spacial score (nSPS) is 14.3. The van der Waals surface area contributed by atoms with Gasteiger partial charge in [-0.1, -0.05) is 0 Å². The fourth-order valence-corrected chi connectivity index (χ4v) is 9.15. The van der Waals surface area contributed by atoms with E-state index in [0.29, 0.717) is 0 Å². The average molecular weight is 379 g/mol. The Morgan fingerprint density at radius 3 is 1.67 bits per heavy atom. The van der Waals surface area contributed by atoms with Gasteiger partial charge >= 0.3 is 0 Å². The van der Waals surface area contributed by atoms with E-state index >= 15 is 0 Å². The summed E-state index contributed by atoms with van der Waals surface area (Å²) in [5.74, 6) is 0. The zero-order valence-electron chi connectivity index (χ0n) is 12.5. The molecule has 0 N–H and O–H groups in total. The third-order valence-corrected chi connectivity index (χ3v) is 10.00. The molecule has 1 aromatic carbocycles. The summed E-state index contributed by atoms with van der Waals surface area (Å²) in [4.78, 5) is 3.07. The maximum Gasteiger partial charge on any atom is 0.0492 e. The van der Waals surface area contributed by atoms with Gasteiger partial charge < -0.3 is 0 Å². The lowest BCUT2D eigenvalue weighted by molar-refractivity contribution is 1.26. The highest BCUT2D eigenvalue weighted by molar-refractivity contribution is 7.30. The van der Waals surface area contributed by atoms with Crippen LogP contribution in [0.15, 0.2) is 35.0 Å². The molecule has 0 spiro atoms. The van der Waals surface area contributed by atoms with Crippen LogP contribution in [0, 0.1) is 0 Å². The summed E-state index contributed by atoms with van der Waals surface area (Å²) in [5.41, 5.74) is 9.25. The molecule has 0 unspecified atom stereocenters. The van der Waals surface area contributed by atoms with E-state index < -0.39 is 0 Å². The largest absolute Gasteiger partial charge is 0.143 e. The molecule has 4 aromatic heterocycles. The van der Waals surface area contributed by atoms with Crippen LogP contribution < -0.4 is 0 Å². The van der Waals surface area contributed by atoms with Crippen molar-refractivity contribution in [3.05, 3.63) is 57.3 Å². The molecule has 2 aliphatic rings. The van der Waals surface area contributed by atoms with Crippen molar-refractivity contribution >= 4 is 64.1 Å². The molecular weight excluding hydrogens is 368 g/mol. The molecule has 4 heteroatoms. The minimum atomic E-state index is 1.12. The number of hydrogen-bond acceptors (Lipinski definition) is 4. The summed E-state index contributed by atoms with van der Waals surface area (Å²) in [6.45, 7) is 0. The quantitative estimate of drug-likeness (QED) is 0.258. The first-order valence-corrected chi connectivity index (χ1v) is 11.4. The third kappa shape index (κ3) is 1.41. The van der Waals surface area contributed by atoms with Gasteiger partial charge in [0.05, 0.1) is 0 Å². The standard InChI is InChI=1S/C20H10S4/c1-3-21-19-13-7-9-6-12-10(5-11(9)17(13)23-15(1)19)8-14-18(12)24-16-2-4-22-20(14)16/h1-6H,7-8H2. The maximum atomic E-state index is 2.50. The third-order valence-electron chi connectivity index (χ3n) is 5.33. The van der Waals surface area contributed by atoms with Gasteiger partial charge in [-0.3, -0.25) is 0 Å². The van der Waals surface area contributed by atoms with Gasteiger partial charge in [0, 0.05) is 41.4 Å². The van der Waals surface area contributed by atoms with Crippen molar-refractivity contribution in [3.63, 3.8) is 0 Å². The fourth-order valence-electron chi connectivity index (χ4n) is 4.29. The topological polar surface area (TPSA) is 0 Å². The van der Waals surface area contributed by atoms with E-state index in [1.165, 1.54) is 50.8 Å². The summed E-state index contributed by atoms with van der Waals surface area (Å²) in [6.07, 6.45) is 2.24. The molecule has 7 rings (SSSR count). The SMILES string of the molecule is c1cc2sc3c(c2s1)Cc1cc2c(cc1-3)Cc1c-2sc2ccsc12. The Morgan fingerprint density at radius 1 is 0.667 bits per heavy atom. The zero-order chi connectivity index (χ0) is 15.4.